The number of ether oxygens (including phenoxy) is 1. The fourth-order valence-corrected chi connectivity index (χ4v) is 2.43. The number of aromatic carboxylic acids is 1. The van der Waals surface area contributed by atoms with Gasteiger partial charge in [-0.15, -0.1) is 0 Å². The summed E-state index contributed by atoms with van der Waals surface area (Å²) in [7, 11) is 0. The molecule has 0 unspecified atom stereocenters. The minimum atomic E-state index is -1.08. The summed E-state index contributed by atoms with van der Waals surface area (Å²) in [4.78, 5) is 25.0. The maximum absolute atomic E-state index is 12.2. The van der Waals surface area contributed by atoms with Crippen LogP contribution in [0.3, 0.4) is 0 Å². The summed E-state index contributed by atoms with van der Waals surface area (Å²) in [5.74, 6) is -1.08. The summed E-state index contributed by atoms with van der Waals surface area (Å²) in [5.41, 5.74) is 0.328. The number of carboxylic acids is 1. The van der Waals surface area contributed by atoms with Crippen LogP contribution in [-0.2, 0) is 4.74 Å². The molecule has 2 amide bonds. The van der Waals surface area contributed by atoms with E-state index in [1.807, 2.05) is 0 Å². The Labute approximate surface area is 124 Å². The molecular formula is C13H15BrN2O4. The zero-order valence-electron chi connectivity index (χ0n) is 10.8. The fourth-order valence-electron chi connectivity index (χ4n) is 1.96. The largest absolute Gasteiger partial charge is 0.478 e. The molecule has 1 aromatic rings. The van der Waals surface area contributed by atoms with Crippen molar-refractivity contribution in [2.45, 2.75) is 6.42 Å². The van der Waals surface area contributed by atoms with Crippen molar-refractivity contribution in [3.63, 3.8) is 0 Å². The molecule has 0 aromatic heterocycles. The molecule has 2 N–H and O–H groups in total. The highest BCUT2D eigenvalue weighted by atomic mass is 79.9. The van der Waals surface area contributed by atoms with Gasteiger partial charge in [-0.2, -0.15) is 0 Å². The fraction of sp³-hybridized carbons (Fsp3) is 0.385. The van der Waals surface area contributed by atoms with E-state index in [1.165, 1.54) is 6.07 Å². The van der Waals surface area contributed by atoms with Crippen molar-refractivity contribution in [1.29, 1.82) is 0 Å². The third-order valence-electron chi connectivity index (χ3n) is 2.99. The highest BCUT2D eigenvalue weighted by molar-refractivity contribution is 9.10. The van der Waals surface area contributed by atoms with Crippen LogP contribution in [0.25, 0.3) is 0 Å². The predicted octanol–water partition coefficient (Wildman–Crippen LogP) is 2.40. The molecule has 0 atom stereocenters. The molecule has 1 heterocycles. The van der Waals surface area contributed by atoms with E-state index in [0.29, 0.717) is 30.8 Å². The van der Waals surface area contributed by atoms with Crippen LogP contribution in [0, 0.1) is 0 Å². The topological polar surface area (TPSA) is 78.9 Å². The average Bonchev–Trinajstić information content (AvgIpc) is 2.69. The molecule has 0 bridgehead atoms. The number of benzene rings is 1. The molecule has 0 aliphatic carbocycles. The van der Waals surface area contributed by atoms with Crippen LogP contribution in [-0.4, -0.2) is 48.3 Å². The molecule has 1 saturated heterocycles. The first kappa shape index (κ1) is 14.8. The molecule has 1 aliphatic rings. The van der Waals surface area contributed by atoms with Gasteiger partial charge in [0.05, 0.1) is 17.9 Å². The van der Waals surface area contributed by atoms with Gasteiger partial charge in [-0.1, -0.05) is 6.07 Å². The maximum atomic E-state index is 12.2. The third kappa shape index (κ3) is 3.49. The van der Waals surface area contributed by atoms with E-state index < -0.39 is 5.97 Å². The van der Waals surface area contributed by atoms with Gasteiger partial charge in [-0.05, 0) is 34.5 Å². The molecule has 1 aliphatic heterocycles. The minimum absolute atomic E-state index is 0.0544. The maximum Gasteiger partial charge on any atom is 0.337 e. The standard InChI is InChI=1S/C13H15BrN2O4/c14-10-4-1-3-9(12(17)18)11(10)15-13(19)16-5-2-7-20-8-6-16/h1,3-4H,2,5-8H2,(H,15,19)(H,17,18). The summed E-state index contributed by atoms with van der Waals surface area (Å²) in [6, 6.07) is 4.44. The lowest BCUT2D eigenvalue weighted by Crippen LogP contribution is -2.37. The van der Waals surface area contributed by atoms with E-state index in [-0.39, 0.29) is 17.3 Å². The second-order valence-corrected chi connectivity index (χ2v) is 5.21. The highest BCUT2D eigenvalue weighted by Crippen LogP contribution is 2.27. The lowest BCUT2D eigenvalue weighted by Gasteiger charge is -2.21. The molecule has 0 saturated carbocycles. The third-order valence-corrected chi connectivity index (χ3v) is 3.65. The molecular weight excluding hydrogens is 328 g/mol. The van der Waals surface area contributed by atoms with Gasteiger partial charge >= 0.3 is 12.0 Å². The number of rotatable bonds is 2. The van der Waals surface area contributed by atoms with E-state index in [2.05, 4.69) is 21.2 Å². The van der Waals surface area contributed by atoms with Crippen LogP contribution in [0.1, 0.15) is 16.8 Å². The monoisotopic (exact) mass is 342 g/mol. The molecule has 2 rings (SSSR count). The Kier molecular flexibility index (Phi) is 4.97. The number of carbonyl (C=O) groups is 2. The number of hydrogen-bond acceptors (Lipinski definition) is 3. The number of carbonyl (C=O) groups excluding carboxylic acids is 1. The van der Waals surface area contributed by atoms with Gasteiger partial charge in [0.25, 0.3) is 0 Å². The van der Waals surface area contributed by atoms with E-state index in [4.69, 9.17) is 9.84 Å². The second-order valence-electron chi connectivity index (χ2n) is 4.35. The van der Waals surface area contributed by atoms with Crippen LogP contribution in [0.4, 0.5) is 10.5 Å². The van der Waals surface area contributed by atoms with Crippen molar-refractivity contribution >= 4 is 33.6 Å². The molecule has 0 radical (unpaired) electrons. The number of nitrogens with zero attached hydrogens (tertiary/aromatic N) is 1. The normalized spacial score (nSPS) is 15.6. The number of anilines is 1. The van der Waals surface area contributed by atoms with E-state index in [9.17, 15) is 9.59 Å². The summed E-state index contributed by atoms with van der Waals surface area (Å²) in [6.45, 7) is 2.23. The Morgan fingerprint density at radius 1 is 1.30 bits per heavy atom. The van der Waals surface area contributed by atoms with E-state index in [1.54, 1.807) is 17.0 Å². The zero-order chi connectivity index (χ0) is 14.5. The quantitative estimate of drug-likeness (QED) is 0.864. The first-order chi connectivity index (χ1) is 9.59. The summed E-state index contributed by atoms with van der Waals surface area (Å²) >= 11 is 3.26. The number of hydrogen-bond donors (Lipinski definition) is 2. The number of nitrogens with one attached hydrogen (secondary N) is 1. The van der Waals surface area contributed by atoms with Crippen LogP contribution >= 0.6 is 15.9 Å². The van der Waals surface area contributed by atoms with Gasteiger partial charge in [-0.3, -0.25) is 0 Å². The van der Waals surface area contributed by atoms with Crippen molar-refractivity contribution in [2.24, 2.45) is 0 Å². The van der Waals surface area contributed by atoms with Gasteiger partial charge in [-0.25, -0.2) is 9.59 Å². The first-order valence-corrected chi connectivity index (χ1v) is 7.04. The predicted molar refractivity (Wildman–Crippen MR) is 77.1 cm³/mol. The van der Waals surface area contributed by atoms with Crippen molar-refractivity contribution in [3.8, 4) is 0 Å². The molecule has 6 nitrogen and oxygen atoms in total. The number of urea groups is 1. The molecule has 20 heavy (non-hydrogen) atoms. The number of para-hydroxylation sites is 1. The van der Waals surface area contributed by atoms with Crippen molar-refractivity contribution < 1.29 is 19.4 Å². The Bertz CT molecular complexity index is 513. The van der Waals surface area contributed by atoms with Crippen LogP contribution in [0.2, 0.25) is 0 Å². The number of amides is 2. The summed E-state index contributed by atoms with van der Waals surface area (Å²) in [5, 5.41) is 11.8. The Balaban J connectivity index is 2.16. The summed E-state index contributed by atoms with van der Waals surface area (Å²) in [6.07, 6.45) is 0.773. The average molecular weight is 343 g/mol. The molecule has 0 spiro atoms. The van der Waals surface area contributed by atoms with Gasteiger partial charge in [0.15, 0.2) is 0 Å². The Hall–Kier alpha value is -1.60. The smallest absolute Gasteiger partial charge is 0.337 e. The van der Waals surface area contributed by atoms with Crippen molar-refractivity contribution in [1.82, 2.24) is 4.90 Å². The van der Waals surface area contributed by atoms with Gasteiger partial charge in [0.1, 0.15) is 0 Å². The van der Waals surface area contributed by atoms with Crippen LogP contribution in [0.15, 0.2) is 22.7 Å². The summed E-state index contributed by atoms with van der Waals surface area (Å²) < 4.78 is 5.82. The van der Waals surface area contributed by atoms with Crippen LogP contribution < -0.4 is 5.32 Å². The van der Waals surface area contributed by atoms with E-state index >= 15 is 0 Å². The molecule has 1 aromatic carbocycles. The molecule has 1 fully saturated rings. The lowest BCUT2D eigenvalue weighted by atomic mass is 10.2. The molecule has 7 heteroatoms. The highest BCUT2D eigenvalue weighted by Gasteiger charge is 2.20. The lowest BCUT2D eigenvalue weighted by molar-refractivity contribution is 0.0698. The second kappa shape index (κ2) is 6.71. The first-order valence-electron chi connectivity index (χ1n) is 6.25. The SMILES string of the molecule is O=C(O)c1cccc(Br)c1NC(=O)N1CCCOCC1. The van der Waals surface area contributed by atoms with E-state index in [0.717, 1.165) is 6.42 Å². The van der Waals surface area contributed by atoms with Gasteiger partial charge in [0.2, 0.25) is 0 Å². The number of carboxylic acid groups (broad SMARTS) is 1. The zero-order valence-corrected chi connectivity index (χ0v) is 12.4. The Morgan fingerprint density at radius 2 is 2.10 bits per heavy atom. The van der Waals surface area contributed by atoms with Crippen LogP contribution in [0.5, 0.6) is 0 Å². The minimum Gasteiger partial charge on any atom is -0.478 e. The molecule has 108 valence electrons. The number of halogens is 1. The van der Waals surface area contributed by atoms with Crippen molar-refractivity contribution in [3.05, 3.63) is 28.2 Å². The van der Waals surface area contributed by atoms with Gasteiger partial charge in [0, 0.05) is 24.2 Å². The van der Waals surface area contributed by atoms with Crippen molar-refractivity contribution in [2.75, 3.05) is 31.6 Å². The van der Waals surface area contributed by atoms with Gasteiger partial charge < -0.3 is 20.1 Å². The Morgan fingerprint density at radius 3 is 2.85 bits per heavy atom.